The molecule has 20 heteroatoms. The predicted octanol–water partition coefficient (Wildman–Crippen LogP) is -0.736. The Hall–Kier alpha value is -2.23. The predicted molar refractivity (Wildman–Crippen MR) is 186 cm³/mol. The molecule has 16 nitrogen and oxygen atoms in total. The molecule has 0 aromatic carbocycles. The lowest BCUT2D eigenvalue weighted by Gasteiger charge is -2.32. The van der Waals surface area contributed by atoms with E-state index >= 15 is 0 Å². The van der Waals surface area contributed by atoms with Crippen molar-refractivity contribution in [3.05, 3.63) is 0 Å². The number of nitrogens with zero attached hydrogens (tertiary/aromatic N) is 1. The molecular weight excluding hydrogens is 709 g/mol. The van der Waals surface area contributed by atoms with Crippen molar-refractivity contribution in [2.24, 2.45) is 5.92 Å². The van der Waals surface area contributed by atoms with E-state index in [1.54, 1.807) is 20.8 Å². The lowest BCUT2D eigenvalue weighted by atomic mass is 10.0. The van der Waals surface area contributed by atoms with Gasteiger partial charge in [0.15, 0.2) is 5.78 Å². The summed E-state index contributed by atoms with van der Waals surface area (Å²) in [6.45, 7) is 9.86. The molecule has 48 heavy (non-hydrogen) atoms. The van der Waals surface area contributed by atoms with Crippen LogP contribution < -0.4 is 26.6 Å². The summed E-state index contributed by atoms with van der Waals surface area (Å²) < 4.78 is 0. The monoisotopic (exact) mass is 754 g/mol. The summed E-state index contributed by atoms with van der Waals surface area (Å²) in [4.78, 5) is 91.4. The highest BCUT2D eigenvalue weighted by Gasteiger charge is 2.45. The molecule has 2 saturated heterocycles. The molecule has 0 spiro atoms. The first-order valence-corrected chi connectivity index (χ1v) is 20.3. The van der Waals surface area contributed by atoms with Crippen LogP contribution in [0.5, 0.6) is 0 Å². The van der Waals surface area contributed by atoms with Crippen molar-refractivity contribution < 1.29 is 48.9 Å². The smallest absolute Gasteiger partial charge is 0.327 e. The van der Waals surface area contributed by atoms with Crippen molar-refractivity contribution in [1.29, 1.82) is 0 Å². The fourth-order valence-electron chi connectivity index (χ4n) is 4.91. The summed E-state index contributed by atoms with van der Waals surface area (Å²) in [7, 11) is 4.59. The van der Waals surface area contributed by atoms with Gasteiger partial charge in [-0.2, -0.15) is 0 Å². The number of carboxylic acid groups (broad SMARTS) is 2. The zero-order chi connectivity index (χ0) is 36.3. The molecule has 8 atom stereocenters. The summed E-state index contributed by atoms with van der Waals surface area (Å²) in [5.41, 5.74) is 0. The second-order valence-electron chi connectivity index (χ2n) is 12.0. The van der Waals surface area contributed by atoms with Gasteiger partial charge < -0.3 is 41.5 Å². The van der Waals surface area contributed by atoms with Crippen molar-refractivity contribution in [3.63, 3.8) is 0 Å². The molecule has 0 saturated carbocycles. The number of hydrogen-bond acceptors (Lipinski definition) is 14. The van der Waals surface area contributed by atoms with Crippen molar-refractivity contribution in [2.75, 3.05) is 23.0 Å². The maximum Gasteiger partial charge on any atom is 0.327 e. The zero-order valence-electron chi connectivity index (χ0n) is 27.6. The Kier molecular flexibility index (Phi) is 17.3. The van der Waals surface area contributed by atoms with Gasteiger partial charge in [-0.25, -0.2) is 4.79 Å². The Balaban J connectivity index is 2.43. The Labute approximate surface area is 295 Å². The summed E-state index contributed by atoms with van der Waals surface area (Å²) in [5, 5.41) is 43.6. The largest absolute Gasteiger partial charge is 0.481 e. The number of ketones is 1. The van der Waals surface area contributed by atoms with E-state index in [1.807, 2.05) is 13.8 Å². The van der Waals surface area contributed by atoms with Crippen LogP contribution in [0.25, 0.3) is 0 Å². The third kappa shape index (κ3) is 12.6. The summed E-state index contributed by atoms with van der Waals surface area (Å²) in [6.07, 6.45) is -2.74. The van der Waals surface area contributed by atoms with E-state index < -0.39 is 96.4 Å². The number of Topliss-reactive ketones (excluding diaryl/α,β-unsaturated/α-hetero) is 1. The number of hydrogen-bond donors (Lipinski definition) is 8. The van der Waals surface area contributed by atoms with Gasteiger partial charge in [0.2, 0.25) is 23.6 Å². The number of carbonyl (C=O) groups is 7. The highest BCUT2D eigenvalue weighted by molar-refractivity contribution is 8.77. The number of aliphatic carboxylic acids is 2. The van der Waals surface area contributed by atoms with Crippen molar-refractivity contribution >= 4 is 84.5 Å². The molecule has 2 fully saturated rings. The average Bonchev–Trinajstić information content (AvgIpc) is 3.25. The van der Waals surface area contributed by atoms with E-state index in [0.29, 0.717) is 0 Å². The van der Waals surface area contributed by atoms with Crippen LogP contribution in [0.15, 0.2) is 0 Å². The molecular formula is C28H46N6O10S4. The molecule has 0 aromatic heterocycles. The van der Waals surface area contributed by atoms with E-state index in [1.165, 1.54) is 33.4 Å². The number of amides is 4. The average molecular weight is 755 g/mol. The molecule has 2 aliphatic rings. The molecule has 2 heterocycles. The highest BCUT2D eigenvalue weighted by atomic mass is 33.1. The summed E-state index contributed by atoms with van der Waals surface area (Å²) >= 11 is 0. The van der Waals surface area contributed by atoms with Gasteiger partial charge in [0.1, 0.15) is 18.1 Å². The van der Waals surface area contributed by atoms with Gasteiger partial charge in [-0.15, -0.1) is 0 Å². The zero-order valence-corrected chi connectivity index (χ0v) is 30.9. The molecule has 2 rings (SSSR count). The fraction of sp³-hybridized carbons (Fsp3) is 0.750. The van der Waals surface area contributed by atoms with Gasteiger partial charge in [0.25, 0.3) is 0 Å². The van der Waals surface area contributed by atoms with Crippen LogP contribution in [0.1, 0.15) is 48.0 Å². The molecule has 272 valence electrons. The number of carboxylic acids is 2. The quantitative estimate of drug-likeness (QED) is 0.142. The van der Waals surface area contributed by atoms with Gasteiger partial charge in [-0.1, -0.05) is 70.9 Å². The second-order valence-corrected chi connectivity index (χ2v) is 17.1. The van der Waals surface area contributed by atoms with E-state index in [0.717, 1.165) is 21.6 Å². The fourth-order valence-corrected chi connectivity index (χ4v) is 9.59. The third-order valence-corrected chi connectivity index (χ3v) is 12.1. The molecule has 2 bridgehead atoms. The van der Waals surface area contributed by atoms with Crippen LogP contribution in [0.3, 0.4) is 0 Å². The first-order valence-electron chi connectivity index (χ1n) is 15.3. The van der Waals surface area contributed by atoms with Crippen LogP contribution in [0.4, 0.5) is 0 Å². The lowest BCUT2D eigenvalue weighted by molar-refractivity contribution is -0.146. The normalized spacial score (nSPS) is 29.7. The Morgan fingerprint density at radius 2 is 1.40 bits per heavy atom. The van der Waals surface area contributed by atoms with Crippen molar-refractivity contribution in [3.8, 4) is 0 Å². The van der Waals surface area contributed by atoms with E-state index in [4.69, 9.17) is 0 Å². The molecule has 1 unspecified atom stereocenters. The van der Waals surface area contributed by atoms with Gasteiger partial charge in [0, 0.05) is 35.0 Å². The molecule has 0 aliphatic carbocycles. The van der Waals surface area contributed by atoms with Gasteiger partial charge in [-0.05, 0) is 13.8 Å². The summed E-state index contributed by atoms with van der Waals surface area (Å²) in [5.74, 6) is -6.21. The van der Waals surface area contributed by atoms with Crippen molar-refractivity contribution in [2.45, 2.75) is 103 Å². The number of fused-ring (bicyclic) bond motifs is 2. The van der Waals surface area contributed by atoms with Gasteiger partial charge in [-0.3, -0.25) is 34.1 Å². The SMILES string of the molecule is CC(C)N[C@H]1CSSC[C@@H]2NC(C)N(C2=O)[C@@H]([C@@H](C)O)C(=O)N[C@H](C(=O)O)CSSC[C@@H](C(=O)C(C)C)NC(=O)[C@H](CC(=O)O)NC1=O. The minimum atomic E-state index is -1.50. The second kappa shape index (κ2) is 19.8. The van der Waals surface area contributed by atoms with Crippen molar-refractivity contribution in [1.82, 2.24) is 31.5 Å². The lowest BCUT2D eigenvalue weighted by Crippen LogP contribution is -2.59. The number of aliphatic hydroxyl groups is 1. The Morgan fingerprint density at radius 3 is 1.94 bits per heavy atom. The van der Waals surface area contributed by atoms with E-state index in [9.17, 15) is 48.9 Å². The minimum absolute atomic E-state index is 0.0318. The topological polar surface area (TPSA) is 244 Å². The van der Waals surface area contributed by atoms with Crippen LogP contribution in [-0.4, -0.2) is 139 Å². The standard InChI is InChI=1S/C28H46N6O10S4/c1-12(2)23(38)17-8-45-48-11-20(28(43)44)33-26(41)22(14(5)35)34-15(6)30-19(27(34)42)10-47-46-9-18(29-13(3)4)25(40)31-16(7-21(36)37)24(39)32-17/h12-20,22,29-30,35H,7-11H2,1-6H3,(H,31,40)(H,32,39)(H,33,41)(H,36,37)(H,43,44)/t14-,15?,16+,17+,18+,19+,20+,22+/m1/s1. The first kappa shape index (κ1) is 41.9. The van der Waals surface area contributed by atoms with Gasteiger partial charge >= 0.3 is 11.9 Å². The number of aliphatic hydroxyl groups excluding tert-OH is 1. The van der Waals surface area contributed by atoms with Crippen LogP contribution in [-0.2, 0) is 33.6 Å². The maximum absolute atomic E-state index is 13.4. The van der Waals surface area contributed by atoms with Crippen LogP contribution in [0, 0.1) is 5.92 Å². The van der Waals surface area contributed by atoms with Crippen LogP contribution >= 0.6 is 43.2 Å². The van der Waals surface area contributed by atoms with Crippen LogP contribution in [0.2, 0.25) is 0 Å². The number of nitrogens with one attached hydrogen (secondary N) is 5. The molecule has 2 aliphatic heterocycles. The molecule has 8 N–H and O–H groups in total. The Bertz CT molecular complexity index is 1200. The summed E-state index contributed by atoms with van der Waals surface area (Å²) in [6, 6.07) is -7.16. The number of carbonyl (C=O) groups excluding carboxylic acids is 5. The molecule has 0 aromatic rings. The highest BCUT2D eigenvalue weighted by Crippen LogP contribution is 2.28. The van der Waals surface area contributed by atoms with E-state index in [-0.39, 0.29) is 34.8 Å². The first-order chi connectivity index (χ1) is 22.4. The number of rotatable bonds is 8. The van der Waals surface area contributed by atoms with E-state index in [2.05, 4.69) is 26.6 Å². The Morgan fingerprint density at radius 1 is 0.833 bits per heavy atom. The minimum Gasteiger partial charge on any atom is -0.481 e. The molecule has 4 amide bonds. The van der Waals surface area contributed by atoms with Gasteiger partial charge in [0.05, 0.1) is 36.8 Å². The third-order valence-electron chi connectivity index (χ3n) is 7.25. The maximum atomic E-state index is 13.4. The molecule has 0 radical (unpaired) electrons.